The Balaban J connectivity index is 1.54. The zero-order valence-corrected chi connectivity index (χ0v) is 13.0. The van der Waals surface area contributed by atoms with Crippen LogP contribution in [0, 0.1) is 0 Å². The molecule has 1 amide bonds. The molecule has 2 rings (SSSR count). The van der Waals surface area contributed by atoms with E-state index in [4.69, 9.17) is 15.2 Å². The van der Waals surface area contributed by atoms with Gasteiger partial charge in [0, 0.05) is 38.8 Å². The van der Waals surface area contributed by atoms with E-state index in [0.717, 1.165) is 38.0 Å². The summed E-state index contributed by atoms with van der Waals surface area (Å²) in [6.07, 6.45) is 3.39. The molecule has 122 valence electrons. The third-order valence-electron chi connectivity index (χ3n) is 3.80. The van der Waals surface area contributed by atoms with E-state index in [2.05, 4.69) is 5.32 Å². The predicted octanol–water partition coefficient (Wildman–Crippen LogP) is 1.78. The van der Waals surface area contributed by atoms with Crippen LogP contribution in [0.5, 0.6) is 0 Å². The SMILES string of the molecule is NC(CC(=O)NCCCOC1CCOCC1)c1ccccc1. The van der Waals surface area contributed by atoms with Gasteiger partial charge in [-0.1, -0.05) is 30.3 Å². The Kier molecular flexibility index (Phi) is 7.36. The molecule has 0 radical (unpaired) electrons. The number of benzene rings is 1. The number of rotatable bonds is 8. The monoisotopic (exact) mass is 306 g/mol. The van der Waals surface area contributed by atoms with Crippen LogP contribution in [-0.2, 0) is 14.3 Å². The fourth-order valence-electron chi connectivity index (χ4n) is 2.48. The van der Waals surface area contributed by atoms with E-state index in [-0.39, 0.29) is 11.9 Å². The Morgan fingerprint density at radius 1 is 1.32 bits per heavy atom. The quantitative estimate of drug-likeness (QED) is 0.718. The highest BCUT2D eigenvalue weighted by atomic mass is 16.5. The molecule has 22 heavy (non-hydrogen) atoms. The van der Waals surface area contributed by atoms with Crippen molar-refractivity contribution in [1.29, 1.82) is 0 Å². The molecule has 1 aromatic rings. The van der Waals surface area contributed by atoms with E-state index in [1.165, 1.54) is 0 Å². The maximum atomic E-state index is 11.8. The van der Waals surface area contributed by atoms with Crippen LogP contribution in [-0.4, -0.2) is 38.4 Å². The van der Waals surface area contributed by atoms with Crippen LogP contribution in [0.2, 0.25) is 0 Å². The van der Waals surface area contributed by atoms with Crippen LogP contribution >= 0.6 is 0 Å². The maximum absolute atomic E-state index is 11.8. The van der Waals surface area contributed by atoms with E-state index < -0.39 is 0 Å². The fourth-order valence-corrected chi connectivity index (χ4v) is 2.48. The normalized spacial score (nSPS) is 17.1. The Morgan fingerprint density at radius 3 is 2.77 bits per heavy atom. The first-order valence-electron chi connectivity index (χ1n) is 8.02. The Bertz CT molecular complexity index is 433. The molecule has 0 aliphatic carbocycles. The van der Waals surface area contributed by atoms with Gasteiger partial charge in [-0.25, -0.2) is 0 Å². The lowest BCUT2D eigenvalue weighted by molar-refractivity contribution is -0.121. The van der Waals surface area contributed by atoms with Crippen molar-refractivity contribution >= 4 is 5.91 Å². The summed E-state index contributed by atoms with van der Waals surface area (Å²) in [5.41, 5.74) is 7.01. The van der Waals surface area contributed by atoms with E-state index in [9.17, 15) is 4.79 Å². The van der Waals surface area contributed by atoms with Gasteiger partial charge in [0.1, 0.15) is 0 Å². The molecule has 1 aliphatic rings. The van der Waals surface area contributed by atoms with E-state index >= 15 is 0 Å². The summed E-state index contributed by atoms with van der Waals surface area (Å²) >= 11 is 0. The largest absolute Gasteiger partial charge is 0.381 e. The third-order valence-corrected chi connectivity index (χ3v) is 3.80. The highest BCUT2D eigenvalue weighted by molar-refractivity contribution is 5.76. The molecule has 3 N–H and O–H groups in total. The number of hydrogen-bond acceptors (Lipinski definition) is 4. The maximum Gasteiger partial charge on any atom is 0.221 e. The van der Waals surface area contributed by atoms with Crippen molar-refractivity contribution in [3.8, 4) is 0 Å². The molecule has 1 aliphatic heterocycles. The minimum absolute atomic E-state index is 0.0116. The zero-order valence-electron chi connectivity index (χ0n) is 13.0. The highest BCUT2D eigenvalue weighted by Gasteiger charge is 2.14. The zero-order chi connectivity index (χ0) is 15.6. The first-order valence-corrected chi connectivity index (χ1v) is 8.02. The summed E-state index contributed by atoms with van der Waals surface area (Å²) < 4.78 is 11.0. The standard InChI is InChI=1S/C17H26N2O3/c18-16(14-5-2-1-3-6-14)13-17(20)19-9-4-10-22-15-7-11-21-12-8-15/h1-3,5-6,15-16H,4,7-13,18H2,(H,19,20). The molecule has 0 saturated carbocycles. The van der Waals surface area contributed by atoms with Crippen LogP contribution in [0.1, 0.15) is 37.3 Å². The van der Waals surface area contributed by atoms with Gasteiger partial charge in [0.15, 0.2) is 0 Å². The number of carbonyl (C=O) groups is 1. The highest BCUT2D eigenvalue weighted by Crippen LogP contribution is 2.13. The van der Waals surface area contributed by atoms with Crippen molar-refractivity contribution in [2.45, 2.75) is 37.8 Å². The number of nitrogens with one attached hydrogen (secondary N) is 1. The van der Waals surface area contributed by atoms with Crippen molar-refractivity contribution in [3.05, 3.63) is 35.9 Å². The number of amides is 1. The molecule has 0 spiro atoms. The topological polar surface area (TPSA) is 73.6 Å². The number of carbonyl (C=O) groups excluding carboxylic acids is 1. The van der Waals surface area contributed by atoms with Crippen LogP contribution in [0.3, 0.4) is 0 Å². The summed E-state index contributed by atoms with van der Waals surface area (Å²) in [5, 5.41) is 2.90. The van der Waals surface area contributed by atoms with Gasteiger partial charge in [0.05, 0.1) is 6.10 Å². The molecule has 1 atom stereocenters. The number of hydrogen-bond donors (Lipinski definition) is 2. The second kappa shape index (κ2) is 9.56. The first kappa shape index (κ1) is 16.9. The molecule has 1 unspecified atom stereocenters. The molecule has 0 bridgehead atoms. The van der Waals surface area contributed by atoms with Crippen LogP contribution < -0.4 is 11.1 Å². The van der Waals surface area contributed by atoms with E-state index in [1.54, 1.807) is 0 Å². The fraction of sp³-hybridized carbons (Fsp3) is 0.588. The van der Waals surface area contributed by atoms with Crippen molar-refractivity contribution in [2.24, 2.45) is 5.73 Å². The summed E-state index contributed by atoms with van der Waals surface area (Å²) in [4.78, 5) is 11.8. The average Bonchev–Trinajstić information content (AvgIpc) is 2.56. The van der Waals surface area contributed by atoms with Gasteiger partial charge >= 0.3 is 0 Å². The summed E-state index contributed by atoms with van der Waals surface area (Å²) in [6, 6.07) is 9.44. The predicted molar refractivity (Wildman–Crippen MR) is 85.4 cm³/mol. The molecule has 1 heterocycles. The summed E-state index contributed by atoms with van der Waals surface area (Å²) in [6.45, 7) is 2.89. The Labute approximate surface area is 132 Å². The number of nitrogens with two attached hydrogens (primary N) is 1. The molecule has 0 aromatic heterocycles. The minimum Gasteiger partial charge on any atom is -0.381 e. The molecule has 5 nitrogen and oxygen atoms in total. The third kappa shape index (κ3) is 6.13. The van der Waals surface area contributed by atoms with Gasteiger partial charge in [-0.05, 0) is 24.8 Å². The average molecular weight is 306 g/mol. The second-order valence-electron chi connectivity index (χ2n) is 5.61. The second-order valence-corrected chi connectivity index (χ2v) is 5.61. The summed E-state index contributed by atoms with van der Waals surface area (Å²) in [5.74, 6) is -0.0116. The van der Waals surface area contributed by atoms with Gasteiger partial charge in [-0.15, -0.1) is 0 Å². The molecule has 1 fully saturated rings. The molecular weight excluding hydrogens is 280 g/mol. The van der Waals surface area contributed by atoms with Gasteiger partial charge in [-0.2, -0.15) is 0 Å². The molecule has 1 saturated heterocycles. The van der Waals surface area contributed by atoms with Crippen molar-refractivity contribution in [2.75, 3.05) is 26.4 Å². The van der Waals surface area contributed by atoms with Gasteiger partial charge in [-0.3, -0.25) is 4.79 Å². The van der Waals surface area contributed by atoms with Crippen LogP contribution in [0.15, 0.2) is 30.3 Å². The van der Waals surface area contributed by atoms with Gasteiger partial charge in [0.2, 0.25) is 5.91 Å². The van der Waals surface area contributed by atoms with E-state index in [0.29, 0.717) is 25.7 Å². The first-order chi connectivity index (χ1) is 10.8. The lowest BCUT2D eigenvalue weighted by Gasteiger charge is -2.22. The van der Waals surface area contributed by atoms with Crippen molar-refractivity contribution < 1.29 is 14.3 Å². The minimum atomic E-state index is -0.250. The van der Waals surface area contributed by atoms with Gasteiger partial charge in [0.25, 0.3) is 0 Å². The Morgan fingerprint density at radius 2 is 2.05 bits per heavy atom. The molecular formula is C17H26N2O3. The summed E-state index contributed by atoms with van der Waals surface area (Å²) in [7, 11) is 0. The Hall–Kier alpha value is -1.43. The van der Waals surface area contributed by atoms with Crippen molar-refractivity contribution in [1.82, 2.24) is 5.32 Å². The van der Waals surface area contributed by atoms with Crippen LogP contribution in [0.25, 0.3) is 0 Å². The number of ether oxygens (including phenoxy) is 2. The van der Waals surface area contributed by atoms with Gasteiger partial charge < -0.3 is 20.5 Å². The lowest BCUT2D eigenvalue weighted by Crippen LogP contribution is -2.29. The molecule has 5 heteroatoms. The smallest absolute Gasteiger partial charge is 0.221 e. The molecule has 1 aromatic carbocycles. The van der Waals surface area contributed by atoms with E-state index in [1.807, 2.05) is 30.3 Å². The van der Waals surface area contributed by atoms with Crippen LogP contribution in [0.4, 0.5) is 0 Å². The lowest BCUT2D eigenvalue weighted by atomic mass is 10.0. The van der Waals surface area contributed by atoms with Crippen molar-refractivity contribution in [3.63, 3.8) is 0 Å².